The second-order valence-electron chi connectivity index (χ2n) is 12.0. The number of hydrogen-bond acceptors (Lipinski definition) is 3. The van der Waals surface area contributed by atoms with E-state index in [0.29, 0.717) is 6.61 Å². The second kappa shape index (κ2) is 25.6. The summed E-state index contributed by atoms with van der Waals surface area (Å²) < 4.78 is 6.29. The molecule has 39 heavy (non-hydrogen) atoms. The lowest BCUT2D eigenvalue weighted by Crippen LogP contribution is -2.05. The quantitative estimate of drug-likeness (QED) is 0.0811. The number of phenols is 2. The zero-order chi connectivity index (χ0) is 28.4. The van der Waals surface area contributed by atoms with Gasteiger partial charge in [0.1, 0.15) is 5.75 Å². The molecule has 0 atom stereocenters. The summed E-state index contributed by atoms with van der Waals surface area (Å²) in [5.74, 6) is 0.882. The first-order valence-electron chi connectivity index (χ1n) is 17.3. The van der Waals surface area contributed by atoms with E-state index in [2.05, 4.69) is 20.8 Å². The van der Waals surface area contributed by atoms with E-state index >= 15 is 0 Å². The Balaban J connectivity index is 2.65. The van der Waals surface area contributed by atoms with Gasteiger partial charge in [-0.25, -0.2) is 0 Å². The molecule has 0 heterocycles. The van der Waals surface area contributed by atoms with Crippen LogP contribution < -0.4 is 4.74 Å². The fraction of sp³-hybridized carbons (Fsp3) is 0.833. The van der Waals surface area contributed by atoms with Gasteiger partial charge in [0.25, 0.3) is 0 Å². The summed E-state index contributed by atoms with van der Waals surface area (Å²) in [5.41, 5.74) is 2.09. The molecular formula is C36H66O3. The van der Waals surface area contributed by atoms with Crippen LogP contribution in [0.25, 0.3) is 0 Å². The Morgan fingerprint density at radius 2 is 0.821 bits per heavy atom. The molecule has 228 valence electrons. The summed E-state index contributed by atoms with van der Waals surface area (Å²) in [6.45, 7) is 7.50. The molecule has 3 nitrogen and oxygen atoms in total. The monoisotopic (exact) mass is 547 g/mol. The maximum atomic E-state index is 10.9. The topological polar surface area (TPSA) is 49.7 Å². The summed E-state index contributed by atoms with van der Waals surface area (Å²) in [6, 6.07) is 1.68. The van der Waals surface area contributed by atoms with Crippen LogP contribution in [0.1, 0.15) is 186 Å². The average molecular weight is 547 g/mol. The molecule has 0 aliphatic rings. The molecule has 0 aliphatic heterocycles. The summed E-state index contributed by atoms with van der Waals surface area (Å²) in [6.07, 6.45) is 32.5. The Morgan fingerprint density at radius 1 is 0.462 bits per heavy atom. The van der Waals surface area contributed by atoms with E-state index in [4.69, 9.17) is 4.74 Å². The van der Waals surface area contributed by atoms with Gasteiger partial charge in [-0.15, -0.1) is 0 Å². The molecule has 1 aromatic rings. The maximum absolute atomic E-state index is 10.9. The minimum atomic E-state index is -0.0184. The fourth-order valence-corrected chi connectivity index (χ4v) is 5.69. The van der Waals surface area contributed by atoms with Crippen LogP contribution in [0.2, 0.25) is 0 Å². The Kier molecular flexibility index (Phi) is 23.4. The largest absolute Gasteiger partial charge is 0.504 e. The minimum Gasteiger partial charge on any atom is -0.504 e. The van der Waals surface area contributed by atoms with Crippen molar-refractivity contribution in [3.8, 4) is 17.2 Å². The highest BCUT2D eigenvalue weighted by Gasteiger charge is 2.18. The molecule has 0 fully saturated rings. The van der Waals surface area contributed by atoms with Gasteiger partial charge in [-0.05, 0) is 32.1 Å². The Morgan fingerprint density at radius 3 is 1.26 bits per heavy atom. The van der Waals surface area contributed by atoms with Gasteiger partial charge in [0, 0.05) is 17.2 Å². The van der Waals surface area contributed by atoms with Crippen LogP contribution in [0.3, 0.4) is 0 Å². The molecule has 0 bridgehead atoms. The van der Waals surface area contributed by atoms with Crippen LogP contribution in [0.15, 0.2) is 6.07 Å². The van der Waals surface area contributed by atoms with Crippen molar-refractivity contribution < 1.29 is 14.9 Å². The van der Waals surface area contributed by atoms with Gasteiger partial charge in [0.05, 0.1) is 6.61 Å². The summed E-state index contributed by atoms with van der Waals surface area (Å²) in [4.78, 5) is 0. The molecule has 0 unspecified atom stereocenters. The third-order valence-corrected chi connectivity index (χ3v) is 8.27. The number of aromatic hydroxyl groups is 2. The van der Waals surface area contributed by atoms with Crippen molar-refractivity contribution in [1.82, 2.24) is 0 Å². The molecule has 1 rings (SSSR count). The van der Waals surface area contributed by atoms with Crippen molar-refractivity contribution in [2.45, 2.75) is 188 Å². The average Bonchev–Trinajstić information content (AvgIpc) is 2.94. The summed E-state index contributed by atoms with van der Waals surface area (Å²) in [7, 11) is 0. The highest BCUT2D eigenvalue weighted by molar-refractivity contribution is 5.56. The summed E-state index contributed by atoms with van der Waals surface area (Å²) in [5, 5.41) is 21.4. The molecule has 1 aromatic carbocycles. The van der Waals surface area contributed by atoms with E-state index in [0.717, 1.165) is 49.0 Å². The highest BCUT2D eigenvalue weighted by Crippen LogP contribution is 2.40. The van der Waals surface area contributed by atoms with Crippen molar-refractivity contribution in [3.05, 3.63) is 17.2 Å². The van der Waals surface area contributed by atoms with Crippen LogP contribution in [-0.2, 0) is 12.8 Å². The molecule has 3 heteroatoms. The van der Waals surface area contributed by atoms with E-state index in [9.17, 15) is 10.2 Å². The normalized spacial score (nSPS) is 11.4. The highest BCUT2D eigenvalue weighted by atomic mass is 16.5. The Bertz CT molecular complexity index is 684. The lowest BCUT2D eigenvalue weighted by Gasteiger charge is -2.18. The molecule has 0 spiro atoms. The van der Waals surface area contributed by atoms with Gasteiger partial charge in [-0.1, -0.05) is 156 Å². The molecular weight excluding hydrogens is 480 g/mol. The number of hydrogen-bond donors (Lipinski definition) is 2. The van der Waals surface area contributed by atoms with Crippen molar-refractivity contribution in [1.29, 1.82) is 0 Å². The van der Waals surface area contributed by atoms with Gasteiger partial charge in [-0.2, -0.15) is 0 Å². The zero-order valence-corrected chi connectivity index (χ0v) is 26.5. The minimum absolute atomic E-state index is 0.0184. The number of phenolic OH excluding ortho intramolecular Hbond substituents is 2. The number of ether oxygens (including phenoxy) is 1. The predicted octanol–water partition coefficient (Wildman–Crippen LogP) is 12.0. The lowest BCUT2D eigenvalue weighted by atomic mass is 9.94. The summed E-state index contributed by atoms with van der Waals surface area (Å²) >= 11 is 0. The van der Waals surface area contributed by atoms with Gasteiger partial charge >= 0.3 is 0 Å². The smallest absolute Gasteiger partial charge is 0.161 e. The van der Waals surface area contributed by atoms with Crippen LogP contribution >= 0.6 is 0 Å². The first kappa shape index (κ1) is 35.6. The molecule has 0 radical (unpaired) electrons. The van der Waals surface area contributed by atoms with Crippen molar-refractivity contribution >= 4 is 0 Å². The van der Waals surface area contributed by atoms with Gasteiger partial charge < -0.3 is 14.9 Å². The standard InChI is InChI=1S/C36H66O3/c1-4-7-10-13-16-19-22-25-28-32-33(29-26-23-20-17-14-11-8-5-2)36(38)34(37)31-35(32)39-30-27-24-21-18-15-12-9-6-3/h31,37-38H,4-30H2,1-3H3. The van der Waals surface area contributed by atoms with Crippen LogP contribution in [0.5, 0.6) is 17.2 Å². The van der Waals surface area contributed by atoms with Crippen molar-refractivity contribution in [2.24, 2.45) is 0 Å². The SMILES string of the molecule is CCCCCCCCCCOc1cc(O)c(O)c(CCCCCCCCCC)c1CCCCCCCCCC. The first-order valence-corrected chi connectivity index (χ1v) is 17.3. The van der Waals surface area contributed by atoms with Crippen LogP contribution in [-0.4, -0.2) is 16.8 Å². The van der Waals surface area contributed by atoms with E-state index in [1.165, 1.54) is 135 Å². The molecule has 0 saturated heterocycles. The van der Waals surface area contributed by atoms with E-state index in [-0.39, 0.29) is 11.5 Å². The van der Waals surface area contributed by atoms with Crippen molar-refractivity contribution in [3.63, 3.8) is 0 Å². The zero-order valence-electron chi connectivity index (χ0n) is 26.5. The third kappa shape index (κ3) is 17.8. The van der Waals surface area contributed by atoms with E-state index in [1.807, 2.05) is 0 Å². The Labute approximate surface area is 243 Å². The Hall–Kier alpha value is -1.38. The van der Waals surface area contributed by atoms with Gasteiger partial charge in [0.15, 0.2) is 11.5 Å². The maximum Gasteiger partial charge on any atom is 0.161 e. The molecule has 2 N–H and O–H groups in total. The fourth-order valence-electron chi connectivity index (χ4n) is 5.69. The number of benzene rings is 1. The molecule has 0 amide bonds. The van der Waals surface area contributed by atoms with E-state index < -0.39 is 0 Å². The van der Waals surface area contributed by atoms with Gasteiger partial charge in [-0.3, -0.25) is 0 Å². The number of rotatable bonds is 28. The number of unbranched alkanes of at least 4 members (excludes halogenated alkanes) is 21. The van der Waals surface area contributed by atoms with Crippen LogP contribution in [0.4, 0.5) is 0 Å². The molecule has 0 aromatic heterocycles. The lowest BCUT2D eigenvalue weighted by molar-refractivity contribution is 0.296. The second-order valence-corrected chi connectivity index (χ2v) is 12.0. The molecule has 0 saturated carbocycles. The first-order chi connectivity index (χ1) is 19.2. The van der Waals surface area contributed by atoms with Crippen LogP contribution in [0, 0.1) is 0 Å². The predicted molar refractivity (Wildman–Crippen MR) is 171 cm³/mol. The van der Waals surface area contributed by atoms with Gasteiger partial charge in [0.2, 0.25) is 0 Å². The molecule has 0 aliphatic carbocycles. The third-order valence-electron chi connectivity index (χ3n) is 8.27. The van der Waals surface area contributed by atoms with E-state index in [1.54, 1.807) is 6.07 Å². The van der Waals surface area contributed by atoms with Crippen molar-refractivity contribution in [2.75, 3.05) is 6.61 Å².